The van der Waals surface area contributed by atoms with Gasteiger partial charge in [-0.25, -0.2) is 0 Å². The van der Waals surface area contributed by atoms with E-state index < -0.39 is 4.92 Å². The minimum atomic E-state index is -0.505. The molecule has 0 unspecified atom stereocenters. The quantitative estimate of drug-likeness (QED) is 0.283. The summed E-state index contributed by atoms with van der Waals surface area (Å²) >= 11 is 5.48. The Hall–Kier alpha value is -1.73. The van der Waals surface area contributed by atoms with Crippen LogP contribution < -0.4 is 5.73 Å². The molecule has 1 aromatic carbocycles. The molecule has 0 aliphatic heterocycles. The van der Waals surface area contributed by atoms with Gasteiger partial charge >= 0.3 is 0 Å². The summed E-state index contributed by atoms with van der Waals surface area (Å²) in [5.41, 5.74) is 6.91. The van der Waals surface area contributed by atoms with Crippen LogP contribution in [-0.4, -0.2) is 10.8 Å². The van der Waals surface area contributed by atoms with E-state index in [1.54, 1.807) is 13.0 Å². The Morgan fingerprint density at radius 3 is 2.81 bits per heavy atom. The van der Waals surface area contributed by atoms with Crippen molar-refractivity contribution in [2.45, 2.75) is 13.3 Å². The van der Waals surface area contributed by atoms with Crippen molar-refractivity contribution in [3.05, 3.63) is 33.4 Å². The van der Waals surface area contributed by atoms with E-state index in [1.807, 2.05) is 0 Å². The molecule has 16 heavy (non-hydrogen) atoms. The van der Waals surface area contributed by atoms with E-state index in [4.69, 9.17) is 17.3 Å². The second kappa shape index (κ2) is 5.38. The number of hydrogen-bond donors (Lipinski definition) is 1. The van der Waals surface area contributed by atoms with Gasteiger partial charge < -0.3 is 5.73 Å². The lowest BCUT2D eigenvalue weighted by Crippen LogP contribution is -1.99. The van der Waals surface area contributed by atoms with E-state index in [9.17, 15) is 10.1 Å². The van der Waals surface area contributed by atoms with Crippen LogP contribution in [0.15, 0.2) is 12.1 Å². The van der Waals surface area contributed by atoms with Crippen LogP contribution in [0.1, 0.15) is 17.5 Å². The number of halogens is 1. The minimum absolute atomic E-state index is 0.102. The van der Waals surface area contributed by atoms with Crippen LogP contribution in [0.5, 0.6) is 0 Å². The summed E-state index contributed by atoms with van der Waals surface area (Å²) in [7, 11) is 0. The Morgan fingerprint density at radius 2 is 2.25 bits per heavy atom. The summed E-state index contributed by atoms with van der Waals surface area (Å²) in [6.45, 7) is 1.76. The molecule has 0 saturated carbocycles. The molecule has 0 atom stereocenters. The maximum Gasteiger partial charge on any atom is 0.293 e. The third-order valence-corrected chi connectivity index (χ3v) is 2.13. The average Bonchev–Trinajstić information content (AvgIpc) is 2.22. The van der Waals surface area contributed by atoms with E-state index in [0.717, 1.165) is 5.56 Å². The standard InChI is InChI=1S/C11H11ClN2O2/c1-8-6-9(4-2-3-5-12)11(13)10(7-8)14(15)16/h6-7H,3,5,13H2,1H3. The summed E-state index contributed by atoms with van der Waals surface area (Å²) in [6, 6.07) is 3.16. The zero-order valence-corrected chi connectivity index (χ0v) is 9.54. The maximum atomic E-state index is 10.7. The van der Waals surface area contributed by atoms with Crippen molar-refractivity contribution in [3.8, 4) is 11.8 Å². The molecule has 0 aliphatic carbocycles. The number of nitro benzene ring substituents is 1. The maximum absolute atomic E-state index is 10.7. The molecule has 0 heterocycles. The molecular formula is C11H11ClN2O2. The van der Waals surface area contributed by atoms with Gasteiger partial charge in [-0.1, -0.05) is 11.8 Å². The Kier molecular flexibility index (Phi) is 4.15. The van der Waals surface area contributed by atoms with Gasteiger partial charge in [-0.05, 0) is 18.6 Å². The Balaban J connectivity index is 3.21. The van der Waals surface area contributed by atoms with Gasteiger partial charge in [0.2, 0.25) is 0 Å². The van der Waals surface area contributed by atoms with E-state index in [0.29, 0.717) is 17.9 Å². The molecule has 0 bridgehead atoms. The fraction of sp³-hybridized carbons (Fsp3) is 0.273. The average molecular weight is 239 g/mol. The van der Waals surface area contributed by atoms with E-state index in [1.165, 1.54) is 6.07 Å². The monoisotopic (exact) mass is 238 g/mol. The Morgan fingerprint density at radius 1 is 1.56 bits per heavy atom. The molecule has 5 heteroatoms. The fourth-order valence-electron chi connectivity index (χ4n) is 1.24. The van der Waals surface area contributed by atoms with E-state index in [2.05, 4.69) is 11.8 Å². The van der Waals surface area contributed by atoms with Crippen molar-refractivity contribution in [3.63, 3.8) is 0 Å². The number of nitrogens with two attached hydrogens (primary N) is 1. The van der Waals surface area contributed by atoms with Crippen molar-refractivity contribution < 1.29 is 4.92 Å². The van der Waals surface area contributed by atoms with E-state index in [-0.39, 0.29) is 11.4 Å². The van der Waals surface area contributed by atoms with Crippen molar-refractivity contribution in [1.82, 2.24) is 0 Å². The normalized spacial score (nSPS) is 9.38. The third kappa shape index (κ3) is 2.88. The van der Waals surface area contributed by atoms with Crippen molar-refractivity contribution in [2.24, 2.45) is 0 Å². The highest BCUT2D eigenvalue weighted by Crippen LogP contribution is 2.26. The Labute approximate surface area is 98.6 Å². The van der Waals surface area contributed by atoms with Crippen LogP contribution >= 0.6 is 11.6 Å². The second-order valence-corrected chi connectivity index (χ2v) is 3.62. The lowest BCUT2D eigenvalue weighted by Gasteiger charge is -2.01. The number of aryl methyl sites for hydroxylation is 1. The molecule has 0 amide bonds. The molecule has 1 rings (SSSR count). The van der Waals surface area contributed by atoms with Gasteiger partial charge in [0.25, 0.3) is 5.69 Å². The summed E-state index contributed by atoms with van der Waals surface area (Å²) in [5, 5.41) is 10.7. The SMILES string of the molecule is Cc1cc(C#CCCCl)c(N)c([N+](=O)[O-])c1. The topological polar surface area (TPSA) is 69.2 Å². The van der Waals surface area contributed by atoms with Gasteiger partial charge in [0.1, 0.15) is 5.69 Å². The molecule has 4 nitrogen and oxygen atoms in total. The summed E-state index contributed by atoms with van der Waals surface area (Å²) in [4.78, 5) is 10.2. The zero-order valence-electron chi connectivity index (χ0n) is 8.79. The van der Waals surface area contributed by atoms with Crippen LogP contribution in [0.2, 0.25) is 0 Å². The highest BCUT2D eigenvalue weighted by Gasteiger charge is 2.14. The first kappa shape index (κ1) is 12.3. The second-order valence-electron chi connectivity index (χ2n) is 3.24. The van der Waals surface area contributed by atoms with E-state index >= 15 is 0 Å². The molecule has 0 spiro atoms. The summed E-state index contributed by atoms with van der Waals surface area (Å²) in [5.74, 6) is 6.02. The number of nitro groups is 1. The molecule has 0 saturated heterocycles. The zero-order chi connectivity index (χ0) is 12.1. The van der Waals surface area contributed by atoms with Gasteiger partial charge in [0.15, 0.2) is 0 Å². The van der Waals surface area contributed by atoms with Crippen LogP contribution in [0.4, 0.5) is 11.4 Å². The number of nitrogens with zero attached hydrogens (tertiary/aromatic N) is 1. The van der Waals surface area contributed by atoms with Crippen molar-refractivity contribution in [2.75, 3.05) is 11.6 Å². The first-order valence-corrected chi connectivity index (χ1v) is 5.19. The number of nitrogen functional groups attached to an aromatic ring is 1. The lowest BCUT2D eigenvalue weighted by molar-refractivity contribution is -0.383. The smallest absolute Gasteiger partial charge is 0.293 e. The molecule has 84 valence electrons. The largest absolute Gasteiger partial charge is 0.392 e. The molecular weight excluding hydrogens is 228 g/mol. The molecule has 0 aromatic heterocycles. The molecule has 0 aliphatic rings. The Bertz CT molecular complexity index is 475. The first-order chi connectivity index (χ1) is 7.56. The minimum Gasteiger partial charge on any atom is -0.392 e. The molecule has 0 radical (unpaired) electrons. The molecule has 0 fully saturated rings. The van der Waals surface area contributed by atoms with Gasteiger partial charge in [0, 0.05) is 18.4 Å². The van der Waals surface area contributed by atoms with Gasteiger partial charge in [-0.2, -0.15) is 0 Å². The molecule has 2 N–H and O–H groups in total. The number of alkyl halides is 1. The number of hydrogen-bond acceptors (Lipinski definition) is 3. The van der Waals surface area contributed by atoms with Gasteiger partial charge in [-0.15, -0.1) is 11.6 Å². The van der Waals surface area contributed by atoms with Crippen molar-refractivity contribution in [1.29, 1.82) is 0 Å². The number of rotatable bonds is 2. The third-order valence-electron chi connectivity index (χ3n) is 1.94. The number of benzene rings is 1. The highest BCUT2D eigenvalue weighted by atomic mass is 35.5. The van der Waals surface area contributed by atoms with Crippen LogP contribution in [0.3, 0.4) is 0 Å². The predicted octanol–water partition coefficient (Wildman–Crippen LogP) is 2.47. The van der Waals surface area contributed by atoms with Gasteiger partial charge in [0.05, 0.1) is 10.5 Å². The van der Waals surface area contributed by atoms with Crippen LogP contribution in [0, 0.1) is 28.9 Å². The number of anilines is 1. The van der Waals surface area contributed by atoms with Crippen molar-refractivity contribution >= 4 is 23.0 Å². The molecule has 1 aromatic rings. The fourth-order valence-corrected chi connectivity index (χ4v) is 1.33. The van der Waals surface area contributed by atoms with Crippen LogP contribution in [-0.2, 0) is 0 Å². The lowest BCUT2D eigenvalue weighted by atomic mass is 10.1. The predicted molar refractivity (Wildman–Crippen MR) is 64.5 cm³/mol. The highest BCUT2D eigenvalue weighted by molar-refractivity contribution is 6.18. The van der Waals surface area contributed by atoms with Gasteiger partial charge in [-0.3, -0.25) is 10.1 Å². The summed E-state index contributed by atoms with van der Waals surface area (Å²) < 4.78 is 0. The summed E-state index contributed by atoms with van der Waals surface area (Å²) in [6.07, 6.45) is 0.530. The first-order valence-electron chi connectivity index (χ1n) is 4.65. The van der Waals surface area contributed by atoms with Crippen LogP contribution in [0.25, 0.3) is 0 Å².